The predicted octanol–water partition coefficient (Wildman–Crippen LogP) is 3.47. The Morgan fingerprint density at radius 3 is 2.53 bits per heavy atom. The smallest absolute Gasteiger partial charge is 0.107 e. The van der Waals surface area contributed by atoms with Crippen molar-refractivity contribution in [1.82, 2.24) is 0 Å². The van der Waals surface area contributed by atoms with Crippen LogP contribution in [0.2, 0.25) is 0 Å². The molecule has 0 aromatic heterocycles. The van der Waals surface area contributed by atoms with Gasteiger partial charge >= 0.3 is 0 Å². The van der Waals surface area contributed by atoms with Gasteiger partial charge in [0.1, 0.15) is 6.61 Å². The van der Waals surface area contributed by atoms with Crippen molar-refractivity contribution >= 4 is 0 Å². The van der Waals surface area contributed by atoms with Crippen LogP contribution in [0.3, 0.4) is 0 Å². The fourth-order valence-electron chi connectivity index (χ4n) is 1.63. The molecule has 0 heterocycles. The van der Waals surface area contributed by atoms with Gasteiger partial charge in [0.25, 0.3) is 0 Å². The fourth-order valence-corrected chi connectivity index (χ4v) is 1.63. The van der Waals surface area contributed by atoms with E-state index in [0.29, 0.717) is 0 Å². The predicted molar refractivity (Wildman–Crippen MR) is 60.7 cm³/mol. The third kappa shape index (κ3) is 2.08. The quantitative estimate of drug-likeness (QED) is 0.701. The van der Waals surface area contributed by atoms with Gasteiger partial charge in [-0.05, 0) is 35.2 Å². The molecule has 2 aromatic carbocycles. The normalized spacial score (nSPS) is 10.3. The third-order valence-electron chi connectivity index (χ3n) is 2.42. The van der Waals surface area contributed by atoms with Crippen molar-refractivity contribution in [1.29, 1.82) is 0 Å². The molecule has 0 aliphatic heterocycles. The summed E-state index contributed by atoms with van der Waals surface area (Å²) in [4.78, 5) is 0. The molecule has 15 heavy (non-hydrogen) atoms. The molecular formula is C14H12O. The first kappa shape index (κ1) is 9.94. The van der Waals surface area contributed by atoms with Crippen molar-refractivity contribution in [2.45, 2.75) is 6.61 Å². The molecule has 0 N–H and O–H groups in total. The molecule has 0 amide bonds. The van der Waals surface area contributed by atoms with Gasteiger partial charge in [-0.1, -0.05) is 42.5 Å². The van der Waals surface area contributed by atoms with E-state index >= 15 is 0 Å². The molecule has 0 aliphatic carbocycles. The molecule has 1 heteroatoms. The first-order valence-electron chi connectivity index (χ1n) is 4.89. The van der Waals surface area contributed by atoms with Gasteiger partial charge in [-0.25, -0.2) is 5.11 Å². The zero-order valence-electron chi connectivity index (χ0n) is 8.44. The maximum absolute atomic E-state index is 10.8. The Kier molecular flexibility index (Phi) is 2.84. The van der Waals surface area contributed by atoms with Crippen LogP contribution in [0, 0.1) is 6.92 Å². The molecule has 2 rings (SSSR count). The summed E-state index contributed by atoms with van der Waals surface area (Å²) in [5.41, 5.74) is 3.96. The van der Waals surface area contributed by atoms with Crippen LogP contribution in [-0.2, 0) is 11.7 Å². The van der Waals surface area contributed by atoms with E-state index in [2.05, 4.69) is 6.92 Å². The molecule has 2 radical (unpaired) electrons. The molecule has 0 aliphatic rings. The monoisotopic (exact) mass is 196 g/mol. The van der Waals surface area contributed by atoms with Gasteiger partial charge in [-0.3, -0.25) is 0 Å². The average molecular weight is 196 g/mol. The lowest BCUT2D eigenvalue weighted by Gasteiger charge is -2.06. The summed E-state index contributed by atoms with van der Waals surface area (Å²) in [7, 11) is 0. The maximum atomic E-state index is 10.8. The Morgan fingerprint density at radius 1 is 1.00 bits per heavy atom. The SMILES string of the molecule is [CH2]c1ccccc1-c1cccc(C[O])c1. The lowest BCUT2D eigenvalue weighted by Crippen LogP contribution is -1.85. The van der Waals surface area contributed by atoms with Crippen LogP contribution in [0.15, 0.2) is 48.5 Å². The van der Waals surface area contributed by atoms with Crippen molar-refractivity contribution in [3.05, 3.63) is 66.6 Å². The van der Waals surface area contributed by atoms with Gasteiger partial charge in [0.2, 0.25) is 0 Å². The van der Waals surface area contributed by atoms with E-state index in [-0.39, 0.29) is 6.61 Å². The zero-order valence-corrected chi connectivity index (χ0v) is 8.44. The van der Waals surface area contributed by atoms with E-state index in [0.717, 1.165) is 22.3 Å². The van der Waals surface area contributed by atoms with E-state index in [4.69, 9.17) is 0 Å². The number of rotatable bonds is 2. The summed E-state index contributed by atoms with van der Waals surface area (Å²) in [6, 6.07) is 15.6. The van der Waals surface area contributed by atoms with Gasteiger partial charge in [-0.2, -0.15) is 0 Å². The number of benzene rings is 2. The van der Waals surface area contributed by atoms with Gasteiger partial charge in [-0.15, -0.1) is 0 Å². The van der Waals surface area contributed by atoms with Crippen LogP contribution >= 0.6 is 0 Å². The fraction of sp³-hybridized carbons (Fsp3) is 0.0714. The Balaban J connectivity index is 2.49. The number of hydrogen-bond acceptors (Lipinski definition) is 0. The first-order chi connectivity index (χ1) is 7.31. The summed E-state index contributed by atoms with van der Waals surface area (Å²) in [5, 5.41) is 10.8. The van der Waals surface area contributed by atoms with E-state index in [1.807, 2.05) is 48.5 Å². The Bertz CT molecular complexity index is 460. The van der Waals surface area contributed by atoms with Crippen molar-refractivity contribution in [3.63, 3.8) is 0 Å². The zero-order chi connectivity index (χ0) is 10.7. The van der Waals surface area contributed by atoms with Crippen molar-refractivity contribution in [2.75, 3.05) is 0 Å². The topological polar surface area (TPSA) is 19.9 Å². The van der Waals surface area contributed by atoms with E-state index in [1.165, 1.54) is 0 Å². The summed E-state index contributed by atoms with van der Waals surface area (Å²) >= 11 is 0. The van der Waals surface area contributed by atoms with Gasteiger partial charge < -0.3 is 0 Å². The molecule has 1 nitrogen and oxygen atoms in total. The molecule has 0 unspecified atom stereocenters. The average Bonchev–Trinajstić information content (AvgIpc) is 2.30. The summed E-state index contributed by atoms with van der Waals surface area (Å²) in [6.45, 7) is 3.80. The van der Waals surface area contributed by atoms with Crippen LogP contribution in [0.1, 0.15) is 11.1 Å². The standard InChI is InChI=1S/C14H12O/c1-11-5-2-3-8-14(11)13-7-4-6-12(9-13)10-15/h2-9H,1,10H2. The highest BCUT2D eigenvalue weighted by molar-refractivity contribution is 5.68. The Hall–Kier alpha value is -1.60. The molecule has 0 saturated carbocycles. The summed E-state index contributed by atoms with van der Waals surface area (Å²) in [5.74, 6) is 0. The molecule has 0 saturated heterocycles. The summed E-state index contributed by atoms with van der Waals surface area (Å²) < 4.78 is 0. The second kappa shape index (κ2) is 4.28. The van der Waals surface area contributed by atoms with Gasteiger partial charge in [0.15, 0.2) is 0 Å². The van der Waals surface area contributed by atoms with Gasteiger partial charge in [0, 0.05) is 0 Å². The lowest BCUT2D eigenvalue weighted by molar-refractivity contribution is 0.177. The lowest BCUT2D eigenvalue weighted by atomic mass is 9.99. The van der Waals surface area contributed by atoms with E-state index in [9.17, 15) is 5.11 Å². The Morgan fingerprint density at radius 2 is 1.80 bits per heavy atom. The van der Waals surface area contributed by atoms with Crippen molar-refractivity contribution in [3.8, 4) is 11.1 Å². The summed E-state index contributed by atoms with van der Waals surface area (Å²) in [6.07, 6.45) is 0. The largest absolute Gasteiger partial charge is 0.232 e. The second-order valence-corrected chi connectivity index (χ2v) is 3.50. The van der Waals surface area contributed by atoms with Crippen LogP contribution in [0.5, 0.6) is 0 Å². The van der Waals surface area contributed by atoms with Crippen LogP contribution in [-0.4, -0.2) is 0 Å². The van der Waals surface area contributed by atoms with Crippen LogP contribution in [0.25, 0.3) is 11.1 Å². The van der Waals surface area contributed by atoms with Crippen molar-refractivity contribution in [2.24, 2.45) is 0 Å². The van der Waals surface area contributed by atoms with E-state index in [1.54, 1.807) is 0 Å². The molecule has 74 valence electrons. The molecular weight excluding hydrogens is 184 g/mol. The molecule has 0 spiro atoms. The molecule has 2 aromatic rings. The van der Waals surface area contributed by atoms with Crippen LogP contribution in [0.4, 0.5) is 0 Å². The highest BCUT2D eigenvalue weighted by Gasteiger charge is 2.01. The minimum absolute atomic E-state index is 0.173. The molecule has 0 bridgehead atoms. The minimum Gasteiger partial charge on any atom is -0.232 e. The van der Waals surface area contributed by atoms with Crippen molar-refractivity contribution < 1.29 is 5.11 Å². The van der Waals surface area contributed by atoms with Gasteiger partial charge in [0.05, 0.1) is 0 Å². The second-order valence-electron chi connectivity index (χ2n) is 3.50. The third-order valence-corrected chi connectivity index (χ3v) is 2.42. The van der Waals surface area contributed by atoms with E-state index < -0.39 is 0 Å². The first-order valence-corrected chi connectivity index (χ1v) is 4.89. The molecule has 0 atom stereocenters. The Labute approximate surface area is 90.0 Å². The van der Waals surface area contributed by atoms with Crippen LogP contribution < -0.4 is 0 Å². The highest BCUT2D eigenvalue weighted by Crippen LogP contribution is 2.23. The number of hydrogen-bond donors (Lipinski definition) is 0. The highest BCUT2D eigenvalue weighted by atomic mass is 16.3. The maximum Gasteiger partial charge on any atom is 0.107 e. The molecule has 0 fully saturated rings. The minimum atomic E-state index is -0.173.